The van der Waals surface area contributed by atoms with Gasteiger partial charge in [0.25, 0.3) is 5.91 Å². The minimum absolute atomic E-state index is 0.0125. The van der Waals surface area contributed by atoms with Crippen molar-refractivity contribution in [1.29, 1.82) is 0 Å². The minimum atomic E-state index is -1.76. The van der Waals surface area contributed by atoms with E-state index in [0.29, 0.717) is 21.7 Å². The highest BCUT2D eigenvalue weighted by molar-refractivity contribution is 6.30. The lowest BCUT2D eigenvalue weighted by Crippen LogP contribution is -2.47. The number of nitrogens with zero attached hydrogens (tertiary/aromatic N) is 2. The molecule has 1 heterocycles. The molecule has 1 aromatic heterocycles. The van der Waals surface area contributed by atoms with Crippen molar-refractivity contribution >= 4 is 35.4 Å². The molecule has 2 aromatic carbocycles. The second kappa shape index (κ2) is 14.2. The van der Waals surface area contributed by atoms with Crippen LogP contribution in [0.1, 0.15) is 40.4 Å². The lowest BCUT2D eigenvalue weighted by atomic mass is 10.0. The minimum Gasteiger partial charge on any atom is -0.435 e. The van der Waals surface area contributed by atoms with Crippen molar-refractivity contribution in [2.24, 2.45) is 0 Å². The number of hydrogen-bond donors (Lipinski definition) is 3. The predicted octanol–water partition coefficient (Wildman–Crippen LogP) is 3.25. The number of rotatable bonds is 12. The van der Waals surface area contributed by atoms with Gasteiger partial charge in [0.1, 0.15) is 17.2 Å². The summed E-state index contributed by atoms with van der Waals surface area (Å²) in [5, 5.41) is 18.2. The summed E-state index contributed by atoms with van der Waals surface area (Å²) in [6, 6.07) is 12.1. The molecule has 0 aliphatic heterocycles. The maximum absolute atomic E-state index is 14.3. The van der Waals surface area contributed by atoms with Crippen LogP contribution >= 0.6 is 11.6 Å². The topological polar surface area (TPSA) is 160 Å². The van der Waals surface area contributed by atoms with E-state index in [4.69, 9.17) is 16.3 Å². The summed E-state index contributed by atoms with van der Waals surface area (Å²) in [4.78, 5) is 47.7. The number of nitrogens with one attached hydrogen (secondary N) is 2. The van der Waals surface area contributed by atoms with Crippen molar-refractivity contribution in [3.05, 3.63) is 76.3 Å². The molecule has 14 heteroatoms. The van der Waals surface area contributed by atoms with Crippen LogP contribution in [0.2, 0.25) is 5.02 Å². The van der Waals surface area contributed by atoms with Gasteiger partial charge in [0.05, 0.1) is 13.2 Å². The molecular weight excluding hydrogens is 551 g/mol. The van der Waals surface area contributed by atoms with Gasteiger partial charge < -0.3 is 19.3 Å². The van der Waals surface area contributed by atoms with Crippen LogP contribution in [0, 0.1) is 5.82 Å². The summed E-state index contributed by atoms with van der Waals surface area (Å²) < 4.78 is 28.1. The normalized spacial score (nSPS) is 11.6. The Hall–Kier alpha value is -4.33. The number of benzene rings is 2. The monoisotopic (exact) mass is 576 g/mol. The Morgan fingerprint density at radius 3 is 2.48 bits per heavy atom. The number of ether oxygens (including phenoxy) is 3. The predicted molar refractivity (Wildman–Crippen MR) is 138 cm³/mol. The number of ketones is 1. The highest BCUT2D eigenvalue weighted by atomic mass is 35.5. The molecule has 0 aliphatic rings. The largest absolute Gasteiger partial charge is 0.511 e. The van der Waals surface area contributed by atoms with Gasteiger partial charge in [0.15, 0.2) is 11.9 Å². The van der Waals surface area contributed by atoms with Gasteiger partial charge in [-0.2, -0.15) is 5.10 Å². The zero-order chi connectivity index (χ0) is 29.2. The summed E-state index contributed by atoms with van der Waals surface area (Å²) in [6.45, 7) is 1.67. The Labute approximate surface area is 232 Å². The third-order valence-corrected chi connectivity index (χ3v) is 5.55. The molecule has 0 fully saturated rings. The van der Waals surface area contributed by atoms with Crippen LogP contribution in [0.25, 0.3) is 11.1 Å². The van der Waals surface area contributed by atoms with Crippen LogP contribution in [0.15, 0.2) is 48.5 Å². The SMILES string of the molecule is CCOC(=O)OCOC(=O)C(O)CN(Cc1ccc(-c2cc(Cl)ccc2F)cc1)NC(=O)c1cc(C(C)=O)n[nH]1. The molecule has 3 aromatic rings. The number of aromatic nitrogens is 2. The van der Waals surface area contributed by atoms with Gasteiger partial charge in [0.2, 0.25) is 6.79 Å². The Kier molecular flexibility index (Phi) is 10.7. The average molecular weight is 577 g/mol. The first-order valence-corrected chi connectivity index (χ1v) is 12.3. The molecule has 1 atom stereocenters. The fraction of sp³-hybridized carbons (Fsp3) is 0.269. The maximum Gasteiger partial charge on any atom is 0.511 e. The Morgan fingerprint density at radius 2 is 1.82 bits per heavy atom. The van der Waals surface area contributed by atoms with Crippen LogP contribution in [0.5, 0.6) is 0 Å². The van der Waals surface area contributed by atoms with Gasteiger partial charge in [-0.05, 0) is 42.3 Å². The van der Waals surface area contributed by atoms with Crippen molar-refractivity contribution in [3.63, 3.8) is 0 Å². The summed E-state index contributed by atoms with van der Waals surface area (Å²) in [5.74, 6) is -2.64. The molecule has 212 valence electrons. The Morgan fingerprint density at radius 1 is 1.10 bits per heavy atom. The average Bonchev–Trinajstić information content (AvgIpc) is 3.42. The highest BCUT2D eigenvalue weighted by Gasteiger charge is 2.24. The molecule has 1 amide bonds. The number of aromatic amines is 1. The lowest BCUT2D eigenvalue weighted by molar-refractivity contribution is -0.164. The smallest absolute Gasteiger partial charge is 0.435 e. The number of halogens is 2. The third-order valence-electron chi connectivity index (χ3n) is 5.32. The van der Waals surface area contributed by atoms with Crippen LogP contribution in [-0.2, 0) is 25.5 Å². The van der Waals surface area contributed by atoms with E-state index in [9.17, 15) is 28.7 Å². The summed E-state index contributed by atoms with van der Waals surface area (Å²) >= 11 is 5.99. The molecule has 3 rings (SSSR count). The van der Waals surface area contributed by atoms with E-state index in [1.54, 1.807) is 31.2 Å². The van der Waals surface area contributed by atoms with Crippen molar-refractivity contribution < 1.29 is 42.9 Å². The van der Waals surface area contributed by atoms with Crippen molar-refractivity contribution in [1.82, 2.24) is 20.6 Å². The molecule has 3 N–H and O–H groups in total. The number of hydrazine groups is 1. The highest BCUT2D eigenvalue weighted by Crippen LogP contribution is 2.26. The molecule has 40 heavy (non-hydrogen) atoms. The molecule has 0 spiro atoms. The second-order valence-corrected chi connectivity index (χ2v) is 8.73. The number of aliphatic hydroxyl groups is 1. The van der Waals surface area contributed by atoms with E-state index in [2.05, 4.69) is 25.1 Å². The fourth-order valence-corrected chi connectivity index (χ4v) is 3.55. The number of esters is 1. The van der Waals surface area contributed by atoms with Crippen LogP contribution in [0.3, 0.4) is 0 Å². The van der Waals surface area contributed by atoms with Gasteiger partial charge >= 0.3 is 12.1 Å². The molecule has 0 saturated carbocycles. The van der Waals surface area contributed by atoms with E-state index < -0.39 is 43.3 Å². The fourth-order valence-electron chi connectivity index (χ4n) is 3.38. The van der Waals surface area contributed by atoms with E-state index in [-0.39, 0.29) is 30.3 Å². The number of Topliss-reactive ketones (excluding diaryl/α,β-unsaturated/α-hetero) is 1. The van der Waals surface area contributed by atoms with Gasteiger partial charge in [0, 0.05) is 24.1 Å². The number of carbonyl (C=O) groups is 4. The van der Waals surface area contributed by atoms with Crippen molar-refractivity contribution in [3.8, 4) is 11.1 Å². The molecule has 0 aliphatic carbocycles. The maximum atomic E-state index is 14.3. The van der Waals surface area contributed by atoms with E-state index >= 15 is 0 Å². The summed E-state index contributed by atoms with van der Waals surface area (Å²) in [5.41, 5.74) is 4.01. The number of carbonyl (C=O) groups excluding carboxylic acids is 4. The van der Waals surface area contributed by atoms with Crippen molar-refractivity contribution in [2.45, 2.75) is 26.5 Å². The zero-order valence-electron chi connectivity index (χ0n) is 21.5. The van der Waals surface area contributed by atoms with Gasteiger partial charge in [-0.1, -0.05) is 35.9 Å². The molecule has 12 nitrogen and oxygen atoms in total. The Balaban J connectivity index is 1.73. The third kappa shape index (κ3) is 8.59. The van der Waals surface area contributed by atoms with Gasteiger partial charge in [-0.25, -0.2) is 19.0 Å². The van der Waals surface area contributed by atoms with Gasteiger partial charge in [-0.3, -0.25) is 20.1 Å². The van der Waals surface area contributed by atoms with Crippen LogP contribution < -0.4 is 5.43 Å². The lowest BCUT2D eigenvalue weighted by Gasteiger charge is -2.25. The summed E-state index contributed by atoms with van der Waals surface area (Å²) in [6.07, 6.45) is -2.82. The van der Waals surface area contributed by atoms with Gasteiger partial charge in [-0.15, -0.1) is 0 Å². The molecule has 1 unspecified atom stereocenters. The molecule has 0 radical (unpaired) electrons. The summed E-state index contributed by atoms with van der Waals surface area (Å²) in [7, 11) is 0. The Bertz CT molecular complexity index is 1360. The second-order valence-electron chi connectivity index (χ2n) is 8.29. The number of H-pyrrole nitrogens is 1. The first-order valence-electron chi connectivity index (χ1n) is 11.9. The first-order chi connectivity index (χ1) is 19.1. The van der Waals surface area contributed by atoms with E-state index in [1.807, 2.05) is 0 Å². The quantitative estimate of drug-likeness (QED) is 0.126. The number of aliphatic hydroxyl groups excluding tert-OH is 1. The van der Waals surface area contributed by atoms with E-state index in [0.717, 1.165) is 0 Å². The zero-order valence-corrected chi connectivity index (χ0v) is 22.2. The molecule has 0 saturated heterocycles. The molecule has 0 bridgehead atoms. The van der Waals surface area contributed by atoms with Crippen molar-refractivity contribution in [2.75, 3.05) is 19.9 Å². The molecular formula is C26H26ClFN4O8. The first kappa shape index (κ1) is 30.2. The number of amides is 1. The number of hydrogen-bond acceptors (Lipinski definition) is 10. The van der Waals surface area contributed by atoms with E-state index in [1.165, 1.54) is 36.2 Å². The van der Waals surface area contributed by atoms with Crippen LogP contribution in [-0.4, -0.2) is 70.2 Å². The van der Waals surface area contributed by atoms with Crippen LogP contribution in [0.4, 0.5) is 9.18 Å². The standard InChI is InChI=1S/C26H26ClFN4O8/c1-3-38-26(37)40-14-39-25(36)23(34)13-32(31-24(35)22-11-21(15(2)33)29-30-22)12-16-4-6-17(7-5-16)19-10-18(27)8-9-20(19)28/h4-11,23,34H,3,12-14H2,1-2H3,(H,29,30)(H,31,35).